The number of halogens is 2. The highest BCUT2D eigenvalue weighted by atomic mass is 32.2. The zero-order chi connectivity index (χ0) is 27.6. The second-order valence-corrected chi connectivity index (χ2v) is 11.0. The molecule has 200 valence electrons. The van der Waals surface area contributed by atoms with Gasteiger partial charge >= 0.3 is 10.2 Å². The van der Waals surface area contributed by atoms with E-state index in [1.165, 1.54) is 13.2 Å². The molecule has 0 aliphatic carbocycles. The molecule has 4 aromatic rings. The van der Waals surface area contributed by atoms with Crippen LogP contribution in [0.1, 0.15) is 61.3 Å². The third-order valence-corrected chi connectivity index (χ3v) is 7.57. The summed E-state index contributed by atoms with van der Waals surface area (Å²) in [7, 11) is -2.76. The number of benzene rings is 1. The third-order valence-electron chi connectivity index (χ3n) is 6.09. The van der Waals surface area contributed by atoms with Crippen molar-refractivity contribution in [3.8, 4) is 11.1 Å². The van der Waals surface area contributed by atoms with E-state index in [2.05, 4.69) is 24.7 Å². The third kappa shape index (κ3) is 5.41. The lowest BCUT2D eigenvalue weighted by Gasteiger charge is -2.19. The van der Waals surface area contributed by atoms with E-state index in [9.17, 15) is 17.6 Å². The first-order chi connectivity index (χ1) is 18.0. The fourth-order valence-corrected chi connectivity index (χ4v) is 4.79. The van der Waals surface area contributed by atoms with Crippen molar-refractivity contribution in [3.05, 3.63) is 71.6 Å². The van der Waals surface area contributed by atoms with Crippen LogP contribution >= 0.6 is 0 Å². The molecule has 38 heavy (non-hydrogen) atoms. The van der Waals surface area contributed by atoms with Crippen molar-refractivity contribution in [2.45, 2.75) is 39.5 Å². The molecule has 3 heterocycles. The average molecular weight is 543 g/mol. The Kier molecular flexibility index (Phi) is 7.83. The molecule has 9 nitrogen and oxygen atoms in total. The van der Waals surface area contributed by atoms with Crippen LogP contribution < -0.4 is 4.72 Å². The normalized spacial score (nSPS) is 12.0. The van der Waals surface area contributed by atoms with Crippen LogP contribution in [0.5, 0.6) is 0 Å². The smallest absolute Gasteiger partial charge is 0.301 e. The lowest BCUT2D eigenvalue weighted by Crippen LogP contribution is -2.33. The second-order valence-electron chi connectivity index (χ2n) is 9.20. The molecular formula is C26H28F2N6O3S. The molecule has 12 heteroatoms. The van der Waals surface area contributed by atoms with Gasteiger partial charge in [-0.25, -0.2) is 23.7 Å². The van der Waals surface area contributed by atoms with E-state index in [-0.39, 0.29) is 18.0 Å². The number of carbonyl (C=O) groups is 1. The standard InChI is InChI=1S/C26H28F2N6O3S/c1-5-6-9-34(4)38(36,37)33-21-8-7-20(27)22(23(21)28)24(35)19-14-32-26-18(19)10-16(11-31-26)17-12-29-25(15(2)3)30-13-17/h7-8,10-15,33H,5-6,9H2,1-4H3,(H,31,32). The summed E-state index contributed by atoms with van der Waals surface area (Å²) >= 11 is 0. The molecule has 0 radical (unpaired) electrons. The van der Waals surface area contributed by atoms with Crippen LogP contribution in [0.15, 0.2) is 43.0 Å². The number of carbonyl (C=O) groups excluding carboxylic acids is 1. The number of fused-ring (bicyclic) bond motifs is 1. The van der Waals surface area contributed by atoms with E-state index in [1.54, 1.807) is 24.7 Å². The van der Waals surface area contributed by atoms with Crippen LogP contribution in [0.25, 0.3) is 22.2 Å². The maximum atomic E-state index is 15.4. The number of aromatic amines is 1. The summed E-state index contributed by atoms with van der Waals surface area (Å²) in [6.45, 7) is 6.08. The number of nitrogens with one attached hydrogen (secondary N) is 2. The first kappa shape index (κ1) is 27.3. The first-order valence-electron chi connectivity index (χ1n) is 12.1. The van der Waals surface area contributed by atoms with Crippen molar-refractivity contribution < 1.29 is 22.0 Å². The SMILES string of the molecule is CCCCN(C)S(=O)(=O)Nc1ccc(F)c(C(=O)c2c[nH]c3ncc(-c4cnc(C(C)C)nc4)cc23)c1F. The Hall–Kier alpha value is -3.77. The highest BCUT2D eigenvalue weighted by molar-refractivity contribution is 7.90. The summed E-state index contributed by atoms with van der Waals surface area (Å²) < 4.78 is 58.6. The number of ketones is 1. The Morgan fingerprint density at radius 2 is 1.79 bits per heavy atom. The van der Waals surface area contributed by atoms with Crippen LogP contribution in [-0.4, -0.2) is 52.0 Å². The van der Waals surface area contributed by atoms with Gasteiger partial charge in [-0.1, -0.05) is 27.2 Å². The second kappa shape index (κ2) is 10.9. The first-order valence-corrected chi connectivity index (χ1v) is 13.5. The molecule has 0 aliphatic heterocycles. The number of unbranched alkanes of at least 4 members (excludes halogenated alkanes) is 1. The van der Waals surface area contributed by atoms with E-state index in [4.69, 9.17) is 0 Å². The van der Waals surface area contributed by atoms with Gasteiger partial charge in [0, 0.05) is 66.4 Å². The van der Waals surface area contributed by atoms with Gasteiger partial charge in [-0.2, -0.15) is 12.7 Å². The number of H-pyrrole nitrogens is 1. The number of hydrogen-bond acceptors (Lipinski definition) is 6. The molecule has 0 fully saturated rings. The van der Waals surface area contributed by atoms with Gasteiger partial charge in [-0.15, -0.1) is 0 Å². The van der Waals surface area contributed by atoms with Crippen molar-refractivity contribution in [3.63, 3.8) is 0 Å². The Balaban J connectivity index is 1.70. The van der Waals surface area contributed by atoms with Crippen LogP contribution in [0.4, 0.5) is 14.5 Å². The van der Waals surface area contributed by atoms with Crippen LogP contribution in [-0.2, 0) is 10.2 Å². The monoisotopic (exact) mass is 542 g/mol. The fourth-order valence-electron chi connectivity index (χ4n) is 3.83. The van der Waals surface area contributed by atoms with Gasteiger partial charge in [0.15, 0.2) is 5.82 Å². The topological polar surface area (TPSA) is 121 Å². The van der Waals surface area contributed by atoms with E-state index in [0.717, 1.165) is 22.9 Å². The van der Waals surface area contributed by atoms with Crippen LogP contribution in [0.2, 0.25) is 0 Å². The highest BCUT2D eigenvalue weighted by Crippen LogP contribution is 2.29. The van der Waals surface area contributed by atoms with Crippen molar-refractivity contribution in [2.24, 2.45) is 0 Å². The number of rotatable bonds is 10. The molecule has 0 saturated heterocycles. The van der Waals surface area contributed by atoms with E-state index in [1.807, 2.05) is 20.8 Å². The molecule has 4 rings (SSSR count). The molecular weight excluding hydrogens is 514 g/mol. The summed E-state index contributed by atoms with van der Waals surface area (Å²) in [5, 5.41) is 0.338. The number of hydrogen-bond donors (Lipinski definition) is 2. The predicted molar refractivity (Wildman–Crippen MR) is 141 cm³/mol. The molecule has 3 aromatic heterocycles. The maximum Gasteiger partial charge on any atom is 0.301 e. The fraction of sp³-hybridized carbons (Fsp3) is 0.308. The molecule has 2 N–H and O–H groups in total. The van der Waals surface area contributed by atoms with E-state index < -0.39 is 38.9 Å². The summed E-state index contributed by atoms with van der Waals surface area (Å²) in [4.78, 5) is 29.2. The average Bonchev–Trinajstić information content (AvgIpc) is 3.32. The summed E-state index contributed by atoms with van der Waals surface area (Å²) in [6, 6.07) is 3.46. The molecule has 0 spiro atoms. The molecule has 0 unspecified atom stereocenters. The number of anilines is 1. The van der Waals surface area contributed by atoms with Crippen molar-refractivity contribution in [2.75, 3.05) is 18.3 Å². The maximum absolute atomic E-state index is 15.4. The summed E-state index contributed by atoms with van der Waals surface area (Å²) in [5.41, 5.74) is 0.179. The van der Waals surface area contributed by atoms with Gasteiger partial charge in [-0.05, 0) is 24.6 Å². The van der Waals surface area contributed by atoms with E-state index in [0.29, 0.717) is 34.4 Å². The molecule has 0 saturated carbocycles. The molecule has 0 aliphatic rings. The number of pyridine rings is 1. The lowest BCUT2D eigenvalue weighted by molar-refractivity contribution is 0.103. The Bertz CT molecular complexity index is 1590. The molecule has 1 aromatic carbocycles. The van der Waals surface area contributed by atoms with Gasteiger partial charge < -0.3 is 4.98 Å². The largest absolute Gasteiger partial charge is 0.345 e. The Labute approximate surface area is 219 Å². The van der Waals surface area contributed by atoms with Crippen LogP contribution in [0.3, 0.4) is 0 Å². The highest BCUT2D eigenvalue weighted by Gasteiger charge is 2.27. The Morgan fingerprint density at radius 3 is 2.45 bits per heavy atom. The van der Waals surface area contributed by atoms with E-state index >= 15 is 4.39 Å². The zero-order valence-electron chi connectivity index (χ0n) is 21.4. The predicted octanol–water partition coefficient (Wildman–Crippen LogP) is 5.04. The number of aromatic nitrogens is 4. The summed E-state index contributed by atoms with van der Waals surface area (Å²) in [6.07, 6.45) is 7.55. The summed E-state index contributed by atoms with van der Waals surface area (Å²) in [5.74, 6) is -2.56. The zero-order valence-corrected chi connectivity index (χ0v) is 22.2. The number of nitrogens with zero attached hydrogens (tertiary/aromatic N) is 4. The van der Waals surface area contributed by atoms with Crippen molar-refractivity contribution in [1.29, 1.82) is 0 Å². The minimum absolute atomic E-state index is 0.0214. The quantitative estimate of drug-likeness (QED) is 0.271. The van der Waals surface area contributed by atoms with Gasteiger partial charge in [0.05, 0.1) is 11.3 Å². The van der Waals surface area contributed by atoms with Crippen LogP contribution in [0, 0.1) is 11.6 Å². The van der Waals surface area contributed by atoms with Gasteiger partial charge in [-0.3, -0.25) is 9.52 Å². The lowest BCUT2D eigenvalue weighted by atomic mass is 10.0. The van der Waals surface area contributed by atoms with Crippen molar-refractivity contribution >= 4 is 32.7 Å². The van der Waals surface area contributed by atoms with Crippen molar-refractivity contribution in [1.82, 2.24) is 24.2 Å². The molecule has 0 atom stereocenters. The minimum Gasteiger partial charge on any atom is -0.345 e. The van der Waals surface area contributed by atoms with Gasteiger partial charge in [0.2, 0.25) is 5.78 Å². The minimum atomic E-state index is -4.12. The van der Waals surface area contributed by atoms with Gasteiger partial charge in [0.25, 0.3) is 0 Å². The molecule has 0 amide bonds. The Morgan fingerprint density at radius 1 is 1.11 bits per heavy atom. The van der Waals surface area contributed by atoms with Gasteiger partial charge in [0.1, 0.15) is 17.3 Å². The molecule has 0 bridgehead atoms.